The smallest absolute Gasteiger partial charge is 0.310 e. The summed E-state index contributed by atoms with van der Waals surface area (Å²) in [5.74, 6) is -2.81. The maximum Gasteiger partial charge on any atom is 0.310 e. The number of hydrogen-bond acceptors (Lipinski definition) is 4. The number of hydrogen-bond donors (Lipinski definition) is 1. The molecule has 0 aromatic heterocycles. The molecule has 20 heavy (non-hydrogen) atoms. The molecule has 1 heterocycles. The maximum atomic E-state index is 13.0. The molecule has 0 bridgehead atoms. The Morgan fingerprint density at radius 1 is 1.50 bits per heavy atom. The first-order chi connectivity index (χ1) is 9.37. The Bertz CT molecular complexity index is 599. The number of benzene rings is 1. The molecule has 1 aromatic rings. The van der Waals surface area contributed by atoms with E-state index in [9.17, 15) is 22.7 Å². The molecule has 5 nitrogen and oxygen atoms in total. The summed E-state index contributed by atoms with van der Waals surface area (Å²) in [5, 5.41) is 9.19. The number of carbonyl (C=O) groups is 1. The molecule has 0 aliphatic carbocycles. The van der Waals surface area contributed by atoms with Gasteiger partial charge in [0, 0.05) is 6.07 Å². The number of halogens is 1. The summed E-state index contributed by atoms with van der Waals surface area (Å²) < 4.78 is 41.1. The first-order valence-corrected chi connectivity index (χ1v) is 8.01. The van der Waals surface area contributed by atoms with E-state index in [1.54, 1.807) is 0 Å². The topological polar surface area (TPSA) is 80.7 Å². The Kier molecular flexibility index (Phi) is 4.27. The van der Waals surface area contributed by atoms with Crippen molar-refractivity contribution in [3.8, 4) is 5.75 Å². The van der Waals surface area contributed by atoms with E-state index in [0.717, 1.165) is 6.07 Å². The van der Waals surface area contributed by atoms with Crippen molar-refractivity contribution in [1.82, 2.24) is 0 Å². The van der Waals surface area contributed by atoms with E-state index in [2.05, 4.69) is 0 Å². The van der Waals surface area contributed by atoms with Crippen LogP contribution in [0.5, 0.6) is 5.75 Å². The molecular formula is C13H15FO5S. The van der Waals surface area contributed by atoms with Crippen LogP contribution in [0.15, 0.2) is 24.3 Å². The zero-order valence-corrected chi connectivity index (χ0v) is 11.5. The zero-order chi connectivity index (χ0) is 14.8. The summed E-state index contributed by atoms with van der Waals surface area (Å²) in [4.78, 5) is 11.2. The largest absolute Gasteiger partial charge is 0.493 e. The van der Waals surface area contributed by atoms with Crippen molar-refractivity contribution in [3.63, 3.8) is 0 Å². The van der Waals surface area contributed by atoms with Gasteiger partial charge in [-0.25, -0.2) is 12.8 Å². The van der Waals surface area contributed by atoms with Gasteiger partial charge in [-0.05, 0) is 24.5 Å². The van der Waals surface area contributed by atoms with Crippen LogP contribution in [0.1, 0.15) is 6.42 Å². The van der Waals surface area contributed by atoms with Gasteiger partial charge in [-0.3, -0.25) is 4.79 Å². The highest BCUT2D eigenvalue weighted by Gasteiger charge is 2.37. The Labute approximate surface area is 116 Å². The molecule has 1 aliphatic heterocycles. The average Bonchev–Trinajstić information content (AvgIpc) is 2.69. The lowest BCUT2D eigenvalue weighted by molar-refractivity contribution is -0.144. The van der Waals surface area contributed by atoms with E-state index in [0.29, 0.717) is 6.42 Å². The van der Waals surface area contributed by atoms with Gasteiger partial charge >= 0.3 is 5.97 Å². The Balaban J connectivity index is 2.02. The highest BCUT2D eigenvalue weighted by Crippen LogP contribution is 2.27. The van der Waals surface area contributed by atoms with Gasteiger partial charge < -0.3 is 9.84 Å². The highest BCUT2D eigenvalue weighted by molar-refractivity contribution is 7.91. The Morgan fingerprint density at radius 3 is 2.80 bits per heavy atom. The monoisotopic (exact) mass is 302 g/mol. The normalized spacial score (nSPS) is 22.4. The molecule has 2 unspecified atom stereocenters. The number of rotatable bonds is 5. The van der Waals surface area contributed by atoms with Crippen LogP contribution in [0.2, 0.25) is 0 Å². The molecule has 1 fully saturated rings. The van der Waals surface area contributed by atoms with Crippen LogP contribution in [0.25, 0.3) is 0 Å². The van der Waals surface area contributed by atoms with E-state index in [4.69, 9.17) is 4.74 Å². The van der Waals surface area contributed by atoms with Crippen molar-refractivity contribution in [3.05, 3.63) is 30.1 Å². The molecule has 1 aliphatic rings. The lowest BCUT2D eigenvalue weighted by atomic mass is 9.93. The van der Waals surface area contributed by atoms with Gasteiger partial charge in [-0.15, -0.1) is 0 Å². The minimum Gasteiger partial charge on any atom is -0.493 e. The predicted octanol–water partition coefficient (Wildman–Crippen LogP) is 1.34. The van der Waals surface area contributed by atoms with E-state index in [-0.39, 0.29) is 23.9 Å². The first-order valence-electron chi connectivity index (χ1n) is 6.19. The van der Waals surface area contributed by atoms with E-state index in [1.165, 1.54) is 18.2 Å². The number of aliphatic carboxylic acids is 1. The lowest BCUT2D eigenvalue weighted by Gasteiger charge is -2.18. The molecule has 0 saturated carbocycles. The van der Waals surface area contributed by atoms with E-state index >= 15 is 0 Å². The van der Waals surface area contributed by atoms with Crippen LogP contribution in [0.3, 0.4) is 0 Å². The SMILES string of the molecule is O=C(O)C(COc1cccc(F)c1)C1CCS(=O)(=O)C1. The van der Waals surface area contributed by atoms with Gasteiger partial charge in [-0.2, -0.15) is 0 Å². The highest BCUT2D eigenvalue weighted by atomic mass is 32.2. The van der Waals surface area contributed by atoms with Crippen molar-refractivity contribution in [2.45, 2.75) is 6.42 Å². The lowest BCUT2D eigenvalue weighted by Crippen LogP contribution is -2.30. The number of sulfone groups is 1. The fraction of sp³-hybridized carbons (Fsp3) is 0.462. The van der Waals surface area contributed by atoms with Gasteiger partial charge in [0.05, 0.1) is 17.4 Å². The number of ether oxygens (including phenoxy) is 1. The van der Waals surface area contributed by atoms with E-state index < -0.39 is 33.5 Å². The molecule has 0 spiro atoms. The number of carboxylic acids is 1. The van der Waals surface area contributed by atoms with Crippen molar-refractivity contribution < 1.29 is 27.4 Å². The third-order valence-corrected chi connectivity index (χ3v) is 5.17. The van der Waals surface area contributed by atoms with Crippen LogP contribution in [0, 0.1) is 17.7 Å². The van der Waals surface area contributed by atoms with Crippen molar-refractivity contribution in [2.75, 3.05) is 18.1 Å². The van der Waals surface area contributed by atoms with Gasteiger partial charge in [0.15, 0.2) is 9.84 Å². The molecule has 1 aromatic carbocycles. The second kappa shape index (κ2) is 5.78. The molecule has 1 N–H and O–H groups in total. The summed E-state index contributed by atoms with van der Waals surface area (Å²) in [6.45, 7) is -0.168. The minimum absolute atomic E-state index is 0.0153. The van der Waals surface area contributed by atoms with Crippen LogP contribution < -0.4 is 4.74 Å². The first kappa shape index (κ1) is 14.8. The number of carboxylic acid groups (broad SMARTS) is 1. The van der Waals surface area contributed by atoms with Crippen molar-refractivity contribution in [2.24, 2.45) is 11.8 Å². The van der Waals surface area contributed by atoms with Crippen LogP contribution >= 0.6 is 0 Å². The van der Waals surface area contributed by atoms with Crippen molar-refractivity contribution in [1.29, 1.82) is 0 Å². The fourth-order valence-corrected chi connectivity index (χ4v) is 4.17. The van der Waals surface area contributed by atoms with Gasteiger partial charge in [0.1, 0.15) is 18.2 Å². The zero-order valence-electron chi connectivity index (χ0n) is 10.7. The molecule has 2 rings (SSSR count). The molecular weight excluding hydrogens is 287 g/mol. The van der Waals surface area contributed by atoms with Crippen LogP contribution in [-0.4, -0.2) is 37.6 Å². The third-order valence-electron chi connectivity index (χ3n) is 3.38. The van der Waals surface area contributed by atoms with E-state index in [1.807, 2.05) is 0 Å². The summed E-state index contributed by atoms with van der Waals surface area (Å²) in [6, 6.07) is 5.39. The molecule has 2 atom stereocenters. The second-order valence-corrected chi connectivity index (χ2v) is 7.10. The summed E-state index contributed by atoms with van der Waals surface area (Å²) in [7, 11) is -3.14. The minimum atomic E-state index is -3.14. The summed E-state index contributed by atoms with van der Waals surface area (Å²) >= 11 is 0. The summed E-state index contributed by atoms with van der Waals surface area (Å²) in [5.41, 5.74) is 0. The third kappa shape index (κ3) is 3.69. The van der Waals surface area contributed by atoms with Crippen LogP contribution in [0.4, 0.5) is 4.39 Å². The van der Waals surface area contributed by atoms with Gasteiger partial charge in [0.2, 0.25) is 0 Å². The summed E-state index contributed by atoms with van der Waals surface area (Å²) in [6.07, 6.45) is 0.325. The molecule has 0 radical (unpaired) electrons. The Hall–Kier alpha value is -1.63. The maximum absolute atomic E-state index is 13.0. The standard InChI is InChI=1S/C13H15FO5S/c14-10-2-1-3-11(6-10)19-7-12(13(15)16)9-4-5-20(17,18)8-9/h1-3,6,9,12H,4-5,7-8H2,(H,15,16). The van der Waals surface area contributed by atoms with Crippen LogP contribution in [-0.2, 0) is 14.6 Å². The average molecular weight is 302 g/mol. The van der Waals surface area contributed by atoms with Gasteiger partial charge in [-0.1, -0.05) is 6.07 Å². The molecule has 7 heteroatoms. The molecule has 0 amide bonds. The second-order valence-electron chi connectivity index (χ2n) is 4.88. The molecule has 110 valence electrons. The van der Waals surface area contributed by atoms with Crippen molar-refractivity contribution >= 4 is 15.8 Å². The Morgan fingerprint density at radius 2 is 2.25 bits per heavy atom. The van der Waals surface area contributed by atoms with Gasteiger partial charge in [0.25, 0.3) is 0 Å². The molecule has 1 saturated heterocycles. The predicted molar refractivity (Wildman–Crippen MR) is 69.8 cm³/mol. The quantitative estimate of drug-likeness (QED) is 0.887. The fourth-order valence-electron chi connectivity index (χ4n) is 2.29.